The summed E-state index contributed by atoms with van der Waals surface area (Å²) >= 11 is 0. The Bertz CT molecular complexity index is 858. The SMILES string of the molecule is O=[N+]([O-])c1cnc(-n2nc([N+](=O)[O-])nc2[N+](=O)[O-])c([N+](=O)[O-])c1. The van der Waals surface area contributed by atoms with Crippen molar-refractivity contribution in [2.45, 2.75) is 0 Å². The zero-order chi connectivity index (χ0) is 17.3. The fourth-order valence-electron chi connectivity index (χ4n) is 1.46. The Morgan fingerprint density at radius 3 is 2.04 bits per heavy atom. The molecule has 0 saturated carbocycles. The van der Waals surface area contributed by atoms with E-state index in [1.165, 1.54) is 0 Å². The zero-order valence-corrected chi connectivity index (χ0v) is 10.5. The van der Waals surface area contributed by atoms with Crippen molar-refractivity contribution in [3.63, 3.8) is 0 Å². The van der Waals surface area contributed by atoms with Gasteiger partial charge in [0.05, 0.1) is 9.85 Å². The van der Waals surface area contributed by atoms with Gasteiger partial charge in [-0.1, -0.05) is 0 Å². The number of nitrogens with zero attached hydrogens (tertiary/aromatic N) is 8. The first-order chi connectivity index (χ1) is 10.7. The minimum Gasteiger partial charge on any atom is -0.390 e. The Morgan fingerprint density at radius 1 is 0.913 bits per heavy atom. The third kappa shape index (κ3) is 2.70. The van der Waals surface area contributed by atoms with Gasteiger partial charge in [0.25, 0.3) is 5.69 Å². The molecule has 0 aliphatic carbocycles. The molecule has 0 aliphatic rings. The van der Waals surface area contributed by atoms with Crippen molar-refractivity contribution in [2.24, 2.45) is 0 Å². The Balaban J connectivity index is 2.75. The van der Waals surface area contributed by atoms with Gasteiger partial charge in [0.2, 0.25) is 0 Å². The van der Waals surface area contributed by atoms with E-state index < -0.39 is 48.8 Å². The summed E-state index contributed by atoms with van der Waals surface area (Å²) in [6.45, 7) is 0. The second kappa shape index (κ2) is 5.35. The fraction of sp³-hybridized carbons (Fsp3) is 0. The van der Waals surface area contributed by atoms with Crippen LogP contribution >= 0.6 is 0 Å². The first-order valence-corrected chi connectivity index (χ1v) is 5.27. The van der Waals surface area contributed by atoms with Crippen LogP contribution in [-0.4, -0.2) is 39.4 Å². The fourth-order valence-corrected chi connectivity index (χ4v) is 1.46. The molecular formula is C7H2N8O8. The summed E-state index contributed by atoms with van der Waals surface area (Å²) in [4.78, 5) is 45.0. The Labute approximate surface area is 122 Å². The van der Waals surface area contributed by atoms with Crippen LogP contribution in [0.15, 0.2) is 12.3 Å². The molecule has 0 aliphatic heterocycles. The highest BCUT2D eigenvalue weighted by atomic mass is 16.6. The van der Waals surface area contributed by atoms with E-state index >= 15 is 0 Å². The van der Waals surface area contributed by atoms with Gasteiger partial charge in [0.15, 0.2) is 0 Å². The molecule has 0 aromatic carbocycles. The molecule has 118 valence electrons. The van der Waals surface area contributed by atoms with Crippen molar-refractivity contribution in [3.05, 3.63) is 52.7 Å². The highest BCUT2D eigenvalue weighted by Crippen LogP contribution is 2.28. The van der Waals surface area contributed by atoms with Crippen molar-refractivity contribution in [2.75, 3.05) is 0 Å². The lowest BCUT2D eigenvalue weighted by Crippen LogP contribution is -2.08. The van der Waals surface area contributed by atoms with Crippen molar-refractivity contribution in [3.8, 4) is 5.82 Å². The van der Waals surface area contributed by atoms with Crippen LogP contribution in [0.2, 0.25) is 0 Å². The lowest BCUT2D eigenvalue weighted by molar-refractivity contribution is -0.404. The molecule has 2 heterocycles. The summed E-state index contributed by atoms with van der Waals surface area (Å²) < 4.78 is 0.153. The molecule has 0 atom stereocenters. The topological polar surface area (TPSA) is 216 Å². The molecule has 0 N–H and O–H groups in total. The zero-order valence-electron chi connectivity index (χ0n) is 10.5. The summed E-state index contributed by atoms with van der Waals surface area (Å²) in [6.07, 6.45) is 0.583. The highest BCUT2D eigenvalue weighted by molar-refractivity contribution is 5.53. The maximum Gasteiger partial charge on any atom is 0.508 e. The van der Waals surface area contributed by atoms with Crippen LogP contribution in [0.25, 0.3) is 5.82 Å². The highest BCUT2D eigenvalue weighted by Gasteiger charge is 2.36. The average Bonchev–Trinajstić information content (AvgIpc) is 2.91. The monoisotopic (exact) mass is 326 g/mol. The van der Waals surface area contributed by atoms with E-state index in [2.05, 4.69) is 15.1 Å². The third-order valence-corrected chi connectivity index (χ3v) is 2.35. The molecule has 0 unspecified atom stereocenters. The molecule has 0 saturated heterocycles. The van der Waals surface area contributed by atoms with Crippen LogP contribution in [0.3, 0.4) is 0 Å². The Kier molecular flexibility index (Phi) is 3.55. The molecule has 16 heteroatoms. The smallest absolute Gasteiger partial charge is 0.390 e. The largest absolute Gasteiger partial charge is 0.508 e. The molecule has 2 aromatic rings. The van der Waals surface area contributed by atoms with Gasteiger partial charge < -0.3 is 20.2 Å². The second-order valence-corrected chi connectivity index (χ2v) is 3.69. The van der Waals surface area contributed by atoms with Crippen molar-refractivity contribution in [1.82, 2.24) is 19.7 Å². The predicted octanol–water partition coefficient (Wildman–Crippen LogP) is 0.295. The van der Waals surface area contributed by atoms with Gasteiger partial charge in [-0.05, 0) is 14.5 Å². The molecule has 23 heavy (non-hydrogen) atoms. The van der Waals surface area contributed by atoms with Crippen LogP contribution in [0, 0.1) is 40.5 Å². The Hall–Kier alpha value is -4.11. The normalized spacial score (nSPS) is 10.3. The summed E-state index contributed by atoms with van der Waals surface area (Å²) in [6, 6.07) is 0.486. The summed E-state index contributed by atoms with van der Waals surface area (Å²) in [5.41, 5.74) is -1.76. The summed E-state index contributed by atoms with van der Waals surface area (Å²) in [7, 11) is 0. The molecule has 0 fully saturated rings. The van der Waals surface area contributed by atoms with Gasteiger partial charge in [-0.25, -0.2) is 4.98 Å². The van der Waals surface area contributed by atoms with E-state index in [1.807, 2.05) is 0 Å². The number of pyridine rings is 1. The van der Waals surface area contributed by atoms with Crippen LogP contribution in [0.1, 0.15) is 0 Å². The first-order valence-electron chi connectivity index (χ1n) is 5.27. The van der Waals surface area contributed by atoms with Gasteiger partial charge in [-0.2, -0.15) is 0 Å². The molecule has 2 rings (SSSR count). The first kappa shape index (κ1) is 15.3. The van der Waals surface area contributed by atoms with Gasteiger partial charge in [-0.3, -0.25) is 20.2 Å². The minimum absolute atomic E-state index is 0.153. The Morgan fingerprint density at radius 2 is 1.57 bits per heavy atom. The number of aromatic nitrogens is 4. The lowest BCUT2D eigenvalue weighted by Gasteiger charge is -1.97. The maximum absolute atomic E-state index is 11.0. The van der Waals surface area contributed by atoms with E-state index in [0.29, 0.717) is 12.3 Å². The van der Waals surface area contributed by atoms with Gasteiger partial charge >= 0.3 is 23.4 Å². The minimum atomic E-state index is -1.21. The number of rotatable bonds is 5. The standard InChI is InChI=1S/C7H2N8O8/c16-12(17)3-1-4(13(18)19)5(8-2-3)11-7(15(22)23)9-6(10-11)14(20)21/h1-2H. The van der Waals surface area contributed by atoms with Gasteiger partial charge in [-0.15, -0.1) is 0 Å². The summed E-state index contributed by atoms with van der Waals surface area (Å²) in [5.74, 6) is -3.22. The number of hydrogen-bond acceptors (Lipinski definition) is 11. The van der Waals surface area contributed by atoms with E-state index in [0.717, 1.165) is 0 Å². The van der Waals surface area contributed by atoms with E-state index in [9.17, 15) is 40.5 Å². The molecule has 16 nitrogen and oxygen atoms in total. The molecule has 0 bridgehead atoms. The average molecular weight is 326 g/mol. The number of nitro groups is 4. The van der Waals surface area contributed by atoms with Crippen molar-refractivity contribution >= 4 is 23.3 Å². The molecule has 0 spiro atoms. The van der Waals surface area contributed by atoms with E-state index in [1.54, 1.807) is 0 Å². The molecule has 2 aromatic heterocycles. The van der Waals surface area contributed by atoms with Crippen molar-refractivity contribution in [1.29, 1.82) is 0 Å². The maximum atomic E-state index is 11.0. The van der Waals surface area contributed by atoms with E-state index in [-0.39, 0.29) is 4.68 Å². The predicted molar refractivity (Wildman–Crippen MR) is 65.8 cm³/mol. The molecule has 0 amide bonds. The molecule has 0 radical (unpaired) electrons. The summed E-state index contributed by atoms with van der Waals surface area (Å²) in [5, 5.41) is 46.1. The van der Waals surface area contributed by atoms with Gasteiger partial charge in [0, 0.05) is 4.98 Å². The lowest BCUT2D eigenvalue weighted by atomic mass is 10.3. The van der Waals surface area contributed by atoms with Crippen LogP contribution in [-0.2, 0) is 0 Å². The van der Waals surface area contributed by atoms with Crippen LogP contribution in [0.4, 0.5) is 23.3 Å². The van der Waals surface area contributed by atoms with Crippen LogP contribution in [0.5, 0.6) is 0 Å². The van der Waals surface area contributed by atoms with Gasteiger partial charge in [0.1, 0.15) is 17.4 Å². The molecular weight excluding hydrogens is 324 g/mol. The van der Waals surface area contributed by atoms with E-state index in [4.69, 9.17) is 0 Å². The number of hydrogen-bond donors (Lipinski definition) is 0. The van der Waals surface area contributed by atoms with Crippen LogP contribution < -0.4 is 0 Å². The quantitative estimate of drug-likeness (QED) is 0.537. The third-order valence-electron chi connectivity index (χ3n) is 2.35. The van der Waals surface area contributed by atoms with Crippen molar-refractivity contribution < 1.29 is 19.7 Å². The second-order valence-electron chi connectivity index (χ2n) is 3.69.